The van der Waals surface area contributed by atoms with Crippen LogP contribution >= 0.6 is 35.0 Å². The van der Waals surface area contributed by atoms with Crippen molar-refractivity contribution in [3.8, 4) is 0 Å². The minimum Gasteiger partial charge on any atom is -0.328 e. The van der Waals surface area contributed by atoms with Gasteiger partial charge < -0.3 is 10.6 Å². The first-order chi connectivity index (χ1) is 14.0. The summed E-state index contributed by atoms with van der Waals surface area (Å²) in [6.45, 7) is 1.84. The molecule has 0 radical (unpaired) electrons. The highest BCUT2D eigenvalue weighted by Crippen LogP contribution is 2.36. The molecule has 1 aromatic heterocycles. The van der Waals surface area contributed by atoms with Crippen LogP contribution in [0.1, 0.15) is 18.5 Å². The number of fused-ring (bicyclic) bond motifs is 1. The van der Waals surface area contributed by atoms with E-state index in [2.05, 4.69) is 20.7 Å². The maximum atomic E-state index is 13.3. The number of aromatic nitrogens is 3. The third-order valence-electron chi connectivity index (χ3n) is 4.65. The van der Waals surface area contributed by atoms with E-state index >= 15 is 0 Å². The van der Waals surface area contributed by atoms with Gasteiger partial charge in [-0.1, -0.05) is 35.3 Å². The first-order valence-electron chi connectivity index (χ1n) is 8.75. The van der Waals surface area contributed by atoms with Crippen molar-refractivity contribution in [2.24, 2.45) is 0 Å². The Morgan fingerprint density at radius 1 is 1.21 bits per heavy atom. The molecule has 2 N–H and O–H groups in total. The summed E-state index contributed by atoms with van der Waals surface area (Å²) >= 11 is 14.0. The van der Waals surface area contributed by atoms with E-state index in [0.29, 0.717) is 33.0 Å². The molecule has 1 aliphatic heterocycles. The van der Waals surface area contributed by atoms with E-state index in [9.17, 15) is 4.79 Å². The Hall–Kier alpha value is -2.48. The van der Waals surface area contributed by atoms with Gasteiger partial charge in [0.1, 0.15) is 12.4 Å². The summed E-state index contributed by atoms with van der Waals surface area (Å²) in [6, 6.07) is 12.6. The highest BCUT2D eigenvalue weighted by atomic mass is 35.5. The van der Waals surface area contributed by atoms with Gasteiger partial charge in [0.2, 0.25) is 5.95 Å². The van der Waals surface area contributed by atoms with Gasteiger partial charge in [-0.2, -0.15) is 10.1 Å². The van der Waals surface area contributed by atoms with Crippen LogP contribution in [0.5, 0.6) is 0 Å². The summed E-state index contributed by atoms with van der Waals surface area (Å²) in [5.74, 6) is 0.290. The number of nitrogens with zero attached hydrogens (tertiary/aromatic N) is 3. The van der Waals surface area contributed by atoms with E-state index in [1.54, 1.807) is 34.6 Å². The first kappa shape index (κ1) is 19.8. The Kier molecular flexibility index (Phi) is 5.54. The molecule has 0 spiro atoms. The Balaban J connectivity index is 1.76. The van der Waals surface area contributed by atoms with Crippen molar-refractivity contribution in [2.45, 2.75) is 17.9 Å². The van der Waals surface area contributed by atoms with Gasteiger partial charge in [-0.25, -0.2) is 4.68 Å². The van der Waals surface area contributed by atoms with Crippen LogP contribution in [0.4, 0.5) is 11.6 Å². The van der Waals surface area contributed by atoms with Crippen molar-refractivity contribution in [3.05, 3.63) is 75.7 Å². The number of halogens is 2. The van der Waals surface area contributed by atoms with E-state index in [0.717, 1.165) is 10.5 Å². The molecule has 1 aliphatic rings. The molecule has 4 rings (SSSR count). The van der Waals surface area contributed by atoms with Crippen molar-refractivity contribution in [1.82, 2.24) is 14.8 Å². The maximum Gasteiger partial charge on any atom is 0.255 e. The zero-order valence-corrected chi connectivity index (χ0v) is 17.9. The molecule has 29 heavy (non-hydrogen) atoms. The van der Waals surface area contributed by atoms with Crippen molar-refractivity contribution >= 4 is 52.5 Å². The number of anilines is 2. The number of amides is 1. The normalized spacial score (nSPS) is 15.7. The van der Waals surface area contributed by atoms with Gasteiger partial charge in [0, 0.05) is 15.6 Å². The summed E-state index contributed by atoms with van der Waals surface area (Å²) in [6.07, 6.45) is 3.49. The fourth-order valence-corrected chi connectivity index (χ4v) is 4.01. The number of thioether (sulfide) groups is 1. The quantitative estimate of drug-likeness (QED) is 0.537. The molecule has 1 amide bonds. The average molecular weight is 446 g/mol. The number of benzene rings is 2. The molecule has 0 saturated carbocycles. The summed E-state index contributed by atoms with van der Waals surface area (Å²) in [4.78, 5) is 18.7. The highest BCUT2D eigenvalue weighted by molar-refractivity contribution is 7.98. The molecule has 2 heterocycles. The predicted molar refractivity (Wildman–Crippen MR) is 118 cm³/mol. The van der Waals surface area contributed by atoms with Crippen LogP contribution < -0.4 is 10.6 Å². The number of rotatable bonds is 4. The number of hydrogen-bond donors (Lipinski definition) is 2. The summed E-state index contributed by atoms with van der Waals surface area (Å²) in [7, 11) is 0. The SMILES string of the molecule is CSc1ccc([C@@H]2C(C(=O)Nc3cc(Cl)ccc3Cl)=C(C)Nc3ncnn32)cc1. The molecule has 0 fully saturated rings. The van der Waals surface area contributed by atoms with Gasteiger partial charge >= 0.3 is 0 Å². The average Bonchev–Trinajstić information content (AvgIpc) is 3.17. The number of hydrogen-bond acceptors (Lipinski definition) is 5. The molecule has 1 atom stereocenters. The smallest absolute Gasteiger partial charge is 0.255 e. The minimum absolute atomic E-state index is 0.292. The van der Waals surface area contributed by atoms with E-state index in [4.69, 9.17) is 23.2 Å². The third kappa shape index (κ3) is 3.85. The van der Waals surface area contributed by atoms with Crippen LogP contribution in [0.3, 0.4) is 0 Å². The van der Waals surface area contributed by atoms with Gasteiger partial charge in [0.05, 0.1) is 16.3 Å². The monoisotopic (exact) mass is 445 g/mol. The molecule has 2 aromatic carbocycles. The Labute approximate surface area is 182 Å². The number of carbonyl (C=O) groups is 1. The predicted octanol–water partition coefficient (Wildman–Crippen LogP) is 5.23. The van der Waals surface area contributed by atoms with E-state index in [1.165, 1.54) is 6.33 Å². The van der Waals surface area contributed by atoms with Crippen LogP contribution in [0.25, 0.3) is 0 Å². The molecular formula is C20H17Cl2N5OS. The topological polar surface area (TPSA) is 71.8 Å². The van der Waals surface area contributed by atoms with Crippen LogP contribution in [-0.2, 0) is 4.79 Å². The van der Waals surface area contributed by atoms with Gasteiger partial charge in [0.25, 0.3) is 5.91 Å². The van der Waals surface area contributed by atoms with Gasteiger partial charge in [-0.3, -0.25) is 4.79 Å². The molecule has 6 nitrogen and oxygen atoms in total. The lowest BCUT2D eigenvalue weighted by molar-refractivity contribution is -0.113. The standard InChI is InChI=1S/C20H17Cl2N5OS/c1-11-17(19(28)26-16-9-13(21)5-8-15(16)22)18(27-20(25-11)23-10-24-27)12-3-6-14(29-2)7-4-12/h3-10,18H,1-2H3,(H,26,28)(H,23,24,25)/t18-/m1/s1. The van der Waals surface area contributed by atoms with E-state index in [1.807, 2.05) is 37.4 Å². The first-order valence-corrected chi connectivity index (χ1v) is 10.7. The zero-order valence-electron chi connectivity index (χ0n) is 15.6. The van der Waals surface area contributed by atoms with Gasteiger partial charge in [0.15, 0.2) is 0 Å². The van der Waals surface area contributed by atoms with Crippen molar-refractivity contribution in [1.29, 1.82) is 0 Å². The zero-order chi connectivity index (χ0) is 20.5. The fraction of sp³-hybridized carbons (Fsp3) is 0.150. The van der Waals surface area contributed by atoms with Crippen molar-refractivity contribution < 1.29 is 4.79 Å². The number of allylic oxidation sites excluding steroid dienone is 1. The Morgan fingerprint density at radius 2 is 1.97 bits per heavy atom. The van der Waals surface area contributed by atoms with E-state index < -0.39 is 6.04 Å². The minimum atomic E-state index is -0.428. The van der Waals surface area contributed by atoms with Gasteiger partial charge in [-0.05, 0) is 49.1 Å². The fourth-order valence-electron chi connectivity index (χ4n) is 3.26. The molecule has 3 aromatic rings. The molecule has 0 bridgehead atoms. The molecule has 148 valence electrons. The molecular weight excluding hydrogens is 429 g/mol. The second-order valence-electron chi connectivity index (χ2n) is 6.45. The van der Waals surface area contributed by atoms with Crippen molar-refractivity contribution in [2.75, 3.05) is 16.9 Å². The molecule has 0 saturated heterocycles. The second kappa shape index (κ2) is 8.10. The van der Waals surface area contributed by atoms with Crippen LogP contribution in [0, 0.1) is 0 Å². The van der Waals surface area contributed by atoms with Crippen molar-refractivity contribution in [3.63, 3.8) is 0 Å². The molecule has 0 aliphatic carbocycles. The summed E-state index contributed by atoms with van der Waals surface area (Å²) in [5.41, 5.74) is 2.60. The maximum absolute atomic E-state index is 13.3. The number of nitrogens with one attached hydrogen (secondary N) is 2. The lowest BCUT2D eigenvalue weighted by Crippen LogP contribution is -2.31. The Morgan fingerprint density at radius 3 is 2.69 bits per heavy atom. The van der Waals surface area contributed by atoms with Crippen LogP contribution in [-0.4, -0.2) is 26.9 Å². The molecule has 0 unspecified atom stereocenters. The second-order valence-corrected chi connectivity index (χ2v) is 8.17. The summed E-state index contributed by atoms with van der Waals surface area (Å²) in [5, 5.41) is 11.3. The highest BCUT2D eigenvalue weighted by Gasteiger charge is 2.33. The largest absolute Gasteiger partial charge is 0.328 e. The van der Waals surface area contributed by atoms with E-state index in [-0.39, 0.29) is 5.91 Å². The third-order valence-corrected chi connectivity index (χ3v) is 5.96. The molecule has 9 heteroatoms. The summed E-state index contributed by atoms with van der Waals surface area (Å²) < 4.78 is 1.70. The number of carbonyl (C=O) groups excluding carboxylic acids is 1. The van der Waals surface area contributed by atoms with Crippen LogP contribution in [0.2, 0.25) is 10.0 Å². The van der Waals surface area contributed by atoms with Gasteiger partial charge in [-0.15, -0.1) is 11.8 Å². The lowest BCUT2D eigenvalue weighted by atomic mass is 9.95. The lowest BCUT2D eigenvalue weighted by Gasteiger charge is -2.29. The Bertz CT molecular complexity index is 1110. The van der Waals surface area contributed by atoms with Crippen LogP contribution in [0.15, 0.2) is 65.0 Å².